The zero-order chi connectivity index (χ0) is 19.2. The normalized spacial score (nSPS) is 11.9. The summed E-state index contributed by atoms with van der Waals surface area (Å²) in [7, 11) is 1.32. The number of aromatic amines is 1. The Labute approximate surface area is 162 Å². The molecule has 6 heteroatoms. The summed E-state index contributed by atoms with van der Waals surface area (Å²) in [6, 6.07) is 14.6. The van der Waals surface area contributed by atoms with E-state index in [4.69, 9.17) is 16.3 Å². The Kier molecular flexibility index (Phi) is 6.14. The summed E-state index contributed by atoms with van der Waals surface area (Å²) in [4.78, 5) is 27.5. The number of methoxy groups -OCH3 is 1. The Balaban J connectivity index is 1.68. The molecule has 0 aliphatic carbocycles. The number of para-hydroxylation sites is 1. The van der Waals surface area contributed by atoms with E-state index in [9.17, 15) is 9.59 Å². The van der Waals surface area contributed by atoms with Crippen molar-refractivity contribution in [2.45, 2.75) is 25.3 Å². The molecule has 3 rings (SSSR count). The molecule has 3 aromatic rings. The number of benzene rings is 2. The topological polar surface area (TPSA) is 71.2 Å². The van der Waals surface area contributed by atoms with Gasteiger partial charge in [0.05, 0.1) is 19.6 Å². The Morgan fingerprint density at radius 3 is 2.67 bits per heavy atom. The van der Waals surface area contributed by atoms with Crippen LogP contribution in [0.3, 0.4) is 0 Å². The largest absolute Gasteiger partial charge is 0.469 e. The Hall–Kier alpha value is -2.79. The van der Waals surface area contributed by atoms with Gasteiger partial charge in [0.1, 0.15) is 0 Å². The lowest BCUT2D eigenvalue weighted by Crippen LogP contribution is -2.30. The molecule has 0 aliphatic rings. The molecule has 1 aromatic heterocycles. The average molecular weight is 385 g/mol. The summed E-state index contributed by atoms with van der Waals surface area (Å²) in [5.41, 5.74) is 2.83. The van der Waals surface area contributed by atoms with E-state index in [0.717, 1.165) is 16.5 Å². The van der Waals surface area contributed by atoms with Crippen LogP contribution in [0.15, 0.2) is 54.7 Å². The van der Waals surface area contributed by atoms with Gasteiger partial charge in [-0.15, -0.1) is 0 Å². The molecule has 0 saturated heterocycles. The number of H-pyrrole nitrogens is 1. The SMILES string of the molecule is COC(=O)CC(NC(=O)CCc1c[nH]c2ccccc12)c1ccccc1Cl. The van der Waals surface area contributed by atoms with Gasteiger partial charge in [0.2, 0.25) is 5.91 Å². The third kappa shape index (κ3) is 4.68. The fourth-order valence-electron chi connectivity index (χ4n) is 3.10. The van der Waals surface area contributed by atoms with E-state index in [2.05, 4.69) is 10.3 Å². The zero-order valence-electron chi connectivity index (χ0n) is 15.0. The van der Waals surface area contributed by atoms with Gasteiger partial charge in [0.25, 0.3) is 0 Å². The smallest absolute Gasteiger partial charge is 0.307 e. The molecule has 5 nitrogen and oxygen atoms in total. The van der Waals surface area contributed by atoms with Crippen LogP contribution >= 0.6 is 11.6 Å². The van der Waals surface area contributed by atoms with Crippen molar-refractivity contribution in [1.29, 1.82) is 0 Å². The minimum absolute atomic E-state index is 0.0268. The van der Waals surface area contributed by atoms with Gasteiger partial charge in [-0.25, -0.2) is 0 Å². The van der Waals surface area contributed by atoms with Gasteiger partial charge in [0, 0.05) is 28.5 Å². The number of hydrogen-bond acceptors (Lipinski definition) is 3. The molecule has 1 atom stereocenters. The molecule has 0 saturated carbocycles. The molecular weight excluding hydrogens is 364 g/mol. The van der Waals surface area contributed by atoms with Crippen LogP contribution in [0.4, 0.5) is 0 Å². The standard InChI is InChI=1S/C21H21ClN2O3/c1-27-21(26)12-19(16-7-2-4-8-17(16)22)24-20(25)11-10-14-13-23-18-9-5-3-6-15(14)18/h2-9,13,19,23H,10-12H2,1H3,(H,24,25). The molecule has 27 heavy (non-hydrogen) atoms. The van der Waals surface area contributed by atoms with E-state index in [1.54, 1.807) is 18.2 Å². The van der Waals surface area contributed by atoms with Crippen LogP contribution in [-0.2, 0) is 20.7 Å². The monoisotopic (exact) mass is 384 g/mol. The fourth-order valence-corrected chi connectivity index (χ4v) is 3.37. The molecule has 0 spiro atoms. The number of fused-ring (bicyclic) bond motifs is 1. The van der Waals surface area contributed by atoms with Crippen molar-refractivity contribution in [3.8, 4) is 0 Å². The lowest BCUT2D eigenvalue weighted by atomic mass is 10.0. The number of carbonyl (C=O) groups excluding carboxylic acids is 2. The number of carbonyl (C=O) groups is 2. The minimum Gasteiger partial charge on any atom is -0.469 e. The van der Waals surface area contributed by atoms with Crippen molar-refractivity contribution < 1.29 is 14.3 Å². The first-order valence-electron chi connectivity index (χ1n) is 8.74. The summed E-state index contributed by atoms with van der Waals surface area (Å²) in [5.74, 6) is -0.550. The first kappa shape index (κ1) is 19.0. The van der Waals surface area contributed by atoms with Crippen LogP contribution in [0.1, 0.15) is 30.0 Å². The van der Waals surface area contributed by atoms with Gasteiger partial charge < -0.3 is 15.0 Å². The summed E-state index contributed by atoms with van der Waals surface area (Å²) < 4.78 is 4.75. The molecule has 1 heterocycles. The maximum absolute atomic E-state index is 12.5. The average Bonchev–Trinajstić information content (AvgIpc) is 3.09. The van der Waals surface area contributed by atoms with Crippen LogP contribution in [-0.4, -0.2) is 24.0 Å². The van der Waals surface area contributed by atoms with E-state index in [-0.39, 0.29) is 12.3 Å². The van der Waals surface area contributed by atoms with Crippen LogP contribution in [0.25, 0.3) is 10.9 Å². The maximum Gasteiger partial charge on any atom is 0.307 e. The number of halogens is 1. The summed E-state index contributed by atoms with van der Waals surface area (Å²) >= 11 is 6.25. The number of rotatable bonds is 7. The Bertz CT molecular complexity index is 951. The maximum atomic E-state index is 12.5. The van der Waals surface area contributed by atoms with Gasteiger partial charge >= 0.3 is 5.97 Å². The summed E-state index contributed by atoms with van der Waals surface area (Å²) in [6.45, 7) is 0. The number of nitrogens with one attached hydrogen (secondary N) is 2. The van der Waals surface area contributed by atoms with Gasteiger partial charge in [-0.05, 0) is 29.7 Å². The second-order valence-electron chi connectivity index (χ2n) is 6.28. The van der Waals surface area contributed by atoms with E-state index >= 15 is 0 Å². The molecule has 0 aliphatic heterocycles. The van der Waals surface area contributed by atoms with E-state index in [1.165, 1.54) is 7.11 Å². The lowest BCUT2D eigenvalue weighted by molar-refractivity contribution is -0.141. The van der Waals surface area contributed by atoms with Crippen LogP contribution in [0, 0.1) is 0 Å². The molecule has 1 unspecified atom stereocenters. The van der Waals surface area contributed by atoms with Gasteiger partial charge in [0.15, 0.2) is 0 Å². The van der Waals surface area contributed by atoms with Crippen molar-refractivity contribution in [3.63, 3.8) is 0 Å². The van der Waals surface area contributed by atoms with Crippen molar-refractivity contribution >= 4 is 34.4 Å². The molecule has 0 radical (unpaired) electrons. The van der Waals surface area contributed by atoms with Crippen LogP contribution < -0.4 is 5.32 Å². The quantitative estimate of drug-likeness (QED) is 0.600. The molecular formula is C21H21ClN2O3. The fraction of sp³-hybridized carbons (Fsp3) is 0.238. The highest BCUT2D eigenvalue weighted by molar-refractivity contribution is 6.31. The number of aryl methyl sites for hydroxylation is 1. The van der Waals surface area contributed by atoms with E-state index in [1.807, 2.05) is 36.5 Å². The number of ether oxygens (including phenoxy) is 1. The second kappa shape index (κ2) is 8.73. The first-order chi connectivity index (χ1) is 13.1. The van der Waals surface area contributed by atoms with E-state index < -0.39 is 12.0 Å². The van der Waals surface area contributed by atoms with Crippen molar-refractivity contribution in [2.24, 2.45) is 0 Å². The molecule has 2 aromatic carbocycles. The Morgan fingerprint density at radius 1 is 1.15 bits per heavy atom. The number of hydrogen-bond donors (Lipinski definition) is 2. The summed E-state index contributed by atoms with van der Waals surface area (Å²) in [6.07, 6.45) is 2.87. The summed E-state index contributed by atoms with van der Waals surface area (Å²) in [5, 5.41) is 4.53. The highest BCUT2D eigenvalue weighted by Crippen LogP contribution is 2.26. The zero-order valence-corrected chi connectivity index (χ0v) is 15.8. The number of esters is 1. The van der Waals surface area contributed by atoms with Gasteiger partial charge in [-0.3, -0.25) is 9.59 Å². The number of aromatic nitrogens is 1. The second-order valence-corrected chi connectivity index (χ2v) is 6.69. The van der Waals surface area contributed by atoms with Crippen LogP contribution in [0.5, 0.6) is 0 Å². The predicted octanol–water partition coefficient (Wildman–Crippen LogP) is 4.17. The Morgan fingerprint density at radius 2 is 1.89 bits per heavy atom. The lowest BCUT2D eigenvalue weighted by Gasteiger charge is -2.19. The van der Waals surface area contributed by atoms with E-state index in [0.29, 0.717) is 23.4 Å². The third-order valence-electron chi connectivity index (χ3n) is 4.51. The molecule has 2 N–H and O–H groups in total. The van der Waals surface area contributed by atoms with Crippen molar-refractivity contribution in [2.75, 3.05) is 7.11 Å². The first-order valence-corrected chi connectivity index (χ1v) is 9.12. The highest BCUT2D eigenvalue weighted by Gasteiger charge is 2.21. The van der Waals surface area contributed by atoms with Gasteiger partial charge in [-0.1, -0.05) is 48.0 Å². The third-order valence-corrected chi connectivity index (χ3v) is 4.85. The van der Waals surface area contributed by atoms with Crippen molar-refractivity contribution in [1.82, 2.24) is 10.3 Å². The van der Waals surface area contributed by atoms with Gasteiger partial charge in [-0.2, -0.15) is 0 Å². The molecule has 140 valence electrons. The molecule has 0 fully saturated rings. The van der Waals surface area contributed by atoms with Crippen LogP contribution in [0.2, 0.25) is 5.02 Å². The highest BCUT2D eigenvalue weighted by atomic mass is 35.5. The van der Waals surface area contributed by atoms with Crippen molar-refractivity contribution in [3.05, 3.63) is 70.9 Å². The number of amides is 1. The minimum atomic E-state index is -0.526. The molecule has 1 amide bonds. The predicted molar refractivity (Wildman–Crippen MR) is 106 cm³/mol. The molecule has 0 bridgehead atoms.